The molecule has 0 aromatic rings. The first kappa shape index (κ1) is 18.7. The average Bonchev–Trinajstić information content (AvgIpc) is 2.42. The standard InChI is InChI=1S/C16H28O4/c1-2-3-4-5-6-7-8-9-10-11-14-20-16(19)13-12-15(17)18/h11,14H,2-10,12-13H2,1H3,(H,17,18)/b14-11+. The van der Waals surface area contributed by atoms with Crippen LogP contribution in [0.4, 0.5) is 0 Å². The average molecular weight is 284 g/mol. The van der Waals surface area contributed by atoms with Gasteiger partial charge in [-0.15, -0.1) is 0 Å². The van der Waals surface area contributed by atoms with Gasteiger partial charge in [-0.3, -0.25) is 9.59 Å². The van der Waals surface area contributed by atoms with Crippen LogP contribution < -0.4 is 0 Å². The Morgan fingerprint density at radius 3 is 2.15 bits per heavy atom. The Morgan fingerprint density at radius 1 is 0.950 bits per heavy atom. The van der Waals surface area contributed by atoms with Crippen LogP contribution in [0.2, 0.25) is 0 Å². The van der Waals surface area contributed by atoms with Crippen molar-refractivity contribution in [1.82, 2.24) is 0 Å². The molecule has 0 aromatic carbocycles. The molecule has 0 aromatic heterocycles. The number of carboxylic acid groups (broad SMARTS) is 1. The van der Waals surface area contributed by atoms with E-state index in [9.17, 15) is 9.59 Å². The molecular weight excluding hydrogens is 256 g/mol. The van der Waals surface area contributed by atoms with Crippen LogP contribution in [0.5, 0.6) is 0 Å². The predicted molar refractivity (Wildman–Crippen MR) is 79.3 cm³/mol. The quantitative estimate of drug-likeness (QED) is 0.308. The molecule has 4 nitrogen and oxygen atoms in total. The summed E-state index contributed by atoms with van der Waals surface area (Å²) in [6, 6.07) is 0. The zero-order chi connectivity index (χ0) is 15.1. The second-order valence-electron chi connectivity index (χ2n) is 5.02. The Morgan fingerprint density at radius 2 is 1.55 bits per heavy atom. The predicted octanol–water partition coefficient (Wildman–Crippen LogP) is 4.44. The molecule has 1 N–H and O–H groups in total. The summed E-state index contributed by atoms with van der Waals surface area (Å²) in [4.78, 5) is 21.3. The largest absolute Gasteiger partial charge is 0.481 e. The van der Waals surface area contributed by atoms with E-state index in [0.29, 0.717) is 0 Å². The molecule has 0 saturated carbocycles. The van der Waals surface area contributed by atoms with Gasteiger partial charge < -0.3 is 9.84 Å². The highest BCUT2D eigenvalue weighted by molar-refractivity contribution is 5.76. The molecule has 0 rings (SSSR count). The number of ether oxygens (including phenoxy) is 1. The molecule has 0 spiro atoms. The summed E-state index contributed by atoms with van der Waals surface area (Å²) in [5, 5.41) is 8.40. The van der Waals surface area contributed by atoms with Crippen molar-refractivity contribution in [2.24, 2.45) is 0 Å². The molecule has 0 radical (unpaired) electrons. The Labute approximate surface area is 122 Å². The number of unbranched alkanes of at least 4 members (excludes halogenated alkanes) is 8. The van der Waals surface area contributed by atoms with Gasteiger partial charge in [0.05, 0.1) is 19.1 Å². The summed E-state index contributed by atoms with van der Waals surface area (Å²) in [5.41, 5.74) is 0. The van der Waals surface area contributed by atoms with Crippen LogP contribution in [0.25, 0.3) is 0 Å². The zero-order valence-electron chi connectivity index (χ0n) is 12.6. The molecule has 0 unspecified atom stereocenters. The smallest absolute Gasteiger partial charge is 0.311 e. The maximum Gasteiger partial charge on any atom is 0.311 e. The van der Waals surface area contributed by atoms with Crippen molar-refractivity contribution in [1.29, 1.82) is 0 Å². The van der Waals surface area contributed by atoms with Gasteiger partial charge in [-0.05, 0) is 18.9 Å². The number of hydrogen-bond donors (Lipinski definition) is 1. The second kappa shape index (κ2) is 14.1. The number of aliphatic carboxylic acids is 1. The summed E-state index contributed by atoms with van der Waals surface area (Å²) in [6.07, 6.45) is 14.1. The maximum atomic E-state index is 11.1. The van der Waals surface area contributed by atoms with E-state index in [1.807, 2.05) is 6.08 Å². The molecule has 116 valence electrons. The van der Waals surface area contributed by atoms with Crippen LogP contribution in [0.1, 0.15) is 77.6 Å². The lowest BCUT2D eigenvalue weighted by molar-refractivity contribution is -0.144. The summed E-state index contributed by atoms with van der Waals surface area (Å²) in [5.74, 6) is -1.47. The molecule has 4 heteroatoms. The van der Waals surface area contributed by atoms with Crippen LogP contribution in [0, 0.1) is 0 Å². The van der Waals surface area contributed by atoms with E-state index in [1.54, 1.807) is 0 Å². The number of allylic oxidation sites excluding steroid dienone is 1. The number of esters is 1. The zero-order valence-corrected chi connectivity index (χ0v) is 12.6. The van der Waals surface area contributed by atoms with Crippen LogP contribution in [-0.4, -0.2) is 17.0 Å². The number of carbonyl (C=O) groups excluding carboxylic acids is 1. The van der Waals surface area contributed by atoms with E-state index in [0.717, 1.165) is 12.8 Å². The molecule has 0 aliphatic heterocycles. The lowest BCUT2D eigenvalue weighted by Gasteiger charge is -2.00. The van der Waals surface area contributed by atoms with Gasteiger partial charge in [0, 0.05) is 0 Å². The summed E-state index contributed by atoms with van der Waals surface area (Å²) in [6.45, 7) is 2.22. The third kappa shape index (κ3) is 14.7. The van der Waals surface area contributed by atoms with Gasteiger partial charge in [-0.1, -0.05) is 51.9 Å². The van der Waals surface area contributed by atoms with Crippen molar-refractivity contribution in [2.75, 3.05) is 0 Å². The highest BCUT2D eigenvalue weighted by Crippen LogP contribution is 2.09. The van der Waals surface area contributed by atoms with Gasteiger partial charge >= 0.3 is 11.9 Å². The number of rotatable bonds is 13. The minimum Gasteiger partial charge on any atom is -0.481 e. The summed E-state index contributed by atoms with van der Waals surface area (Å²) >= 11 is 0. The van der Waals surface area contributed by atoms with Crippen molar-refractivity contribution in [3.05, 3.63) is 12.3 Å². The lowest BCUT2D eigenvalue weighted by atomic mass is 10.1. The first-order valence-corrected chi connectivity index (χ1v) is 7.73. The molecule has 0 heterocycles. The molecule has 0 atom stereocenters. The molecule has 0 aliphatic carbocycles. The first-order valence-electron chi connectivity index (χ1n) is 7.73. The third-order valence-corrected chi connectivity index (χ3v) is 3.06. The molecule has 20 heavy (non-hydrogen) atoms. The fourth-order valence-electron chi connectivity index (χ4n) is 1.86. The normalized spacial score (nSPS) is 10.8. The molecule has 0 fully saturated rings. The van der Waals surface area contributed by atoms with Crippen molar-refractivity contribution in [2.45, 2.75) is 77.6 Å². The van der Waals surface area contributed by atoms with Crippen molar-refractivity contribution < 1.29 is 19.4 Å². The fourth-order valence-corrected chi connectivity index (χ4v) is 1.86. The van der Waals surface area contributed by atoms with Crippen molar-refractivity contribution in [3.63, 3.8) is 0 Å². The van der Waals surface area contributed by atoms with Gasteiger partial charge in [-0.2, -0.15) is 0 Å². The minimum atomic E-state index is -0.982. The molecule has 0 saturated heterocycles. The van der Waals surface area contributed by atoms with E-state index in [2.05, 4.69) is 6.92 Å². The van der Waals surface area contributed by atoms with Crippen LogP contribution in [0.3, 0.4) is 0 Å². The number of carboxylic acids is 1. The van der Waals surface area contributed by atoms with Crippen LogP contribution in [0.15, 0.2) is 12.3 Å². The maximum absolute atomic E-state index is 11.1. The van der Waals surface area contributed by atoms with Gasteiger partial charge in [0.15, 0.2) is 0 Å². The number of carbonyl (C=O) groups is 2. The van der Waals surface area contributed by atoms with E-state index >= 15 is 0 Å². The van der Waals surface area contributed by atoms with Gasteiger partial charge in [-0.25, -0.2) is 0 Å². The Hall–Kier alpha value is -1.32. The van der Waals surface area contributed by atoms with Crippen LogP contribution in [-0.2, 0) is 14.3 Å². The van der Waals surface area contributed by atoms with Gasteiger partial charge in [0.2, 0.25) is 0 Å². The first-order chi connectivity index (χ1) is 9.66. The fraction of sp³-hybridized carbons (Fsp3) is 0.750. The second-order valence-corrected chi connectivity index (χ2v) is 5.02. The van der Waals surface area contributed by atoms with E-state index in [1.165, 1.54) is 51.2 Å². The molecule has 0 aliphatic rings. The van der Waals surface area contributed by atoms with Crippen molar-refractivity contribution >= 4 is 11.9 Å². The Kier molecular flexibility index (Phi) is 13.2. The van der Waals surface area contributed by atoms with Gasteiger partial charge in [0.1, 0.15) is 0 Å². The van der Waals surface area contributed by atoms with Gasteiger partial charge in [0.25, 0.3) is 0 Å². The molecule has 0 amide bonds. The Balaban J connectivity index is 3.27. The molecular formula is C16H28O4. The highest BCUT2D eigenvalue weighted by Gasteiger charge is 2.04. The highest BCUT2D eigenvalue weighted by atomic mass is 16.5. The summed E-state index contributed by atoms with van der Waals surface area (Å²) in [7, 11) is 0. The van der Waals surface area contributed by atoms with Crippen molar-refractivity contribution in [3.8, 4) is 0 Å². The SMILES string of the molecule is CCCCCCCCCC/C=C/OC(=O)CCC(=O)O. The van der Waals surface area contributed by atoms with Crippen LogP contribution >= 0.6 is 0 Å². The van der Waals surface area contributed by atoms with E-state index < -0.39 is 11.9 Å². The number of hydrogen-bond acceptors (Lipinski definition) is 3. The lowest BCUT2D eigenvalue weighted by Crippen LogP contribution is -2.03. The minimum absolute atomic E-state index is 0.0720. The topological polar surface area (TPSA) is 63.6 Å². The summed E-state index contributed by atoms with van der Waals surface area (Å²) < 4.78 is 4.78. The third-order valence-electron chi connectivity index (χ3n) is 3.06. The van der Waals surface area contributed by atoms with E-state index in [4.69, 9.17) is 9.84 Å². The molecule has 0 bridgehead atoms. The Bertz CT molecular complexity index is 284. The monoisotopic (exact) mass is 284 g/mol. The van der Waals surface area contributed by atoms with E-state index in [-0.39, 0.29) is 12.8 Å².